The van der Waals surface area contributed by atoms with Gasteiger partial charge in [0.2, 0.25) is 5.91 Å². The standard InChI is InChI=1S/C26H41NO/c1-4-6-8-17-25(20-24-15-9-7-10-16-24)21-27(22(3)5-2)26(28)19-18-23-13-11-12-14-23/h7,9-10,15-16,20,22-23H,4-6,8,11-14,17-19,21H2,1-3H3/b25-20+/t22-/m1/s1. The molecule has 0 aliphatic heterocycles. The topological polar surface area (TPSA) is 20.3 Å². The molecule has 1 atom stereocenters. The van der Waals surface area contributed by atoms with Crippen molar-refractivity contribution in [2.24, 2.45) is 5.92 Å². The van der Waals surface area contributed by atoms with Crippen molar-refractivity contribution in [2.45, 2.75) is 97.4 Å². The Kier molecular flexibility index (Phi) is 10.4. The van der Waals surface area contributed by atoms with Crippen LogP contribution in [0.2, 0.25) is 0 Å². The van der Waals surface area contributed by atoms with Gasteiger partial charge in [-0.25, -0.2) is 0 Å². The minimum Gasteiger partial charge on any atom is -0.336 e. The minimum absolute atomic E-state index is 0.307. The molecule has 28 heavy (non-hydrogen) atoms. The molecule has 0 radical (unpaired) electrons. The summed E-state index contributed by atoms with van der Waals surface area (Å²) in [7, 11) is 0. The second-order valence-corrected chi connectivity index (χ2v) is 8.64. The van der Waals surface area contributed by atoms with E-state index in [9.17, 15) is 4.79 Å². The van der Waals surface area contributed by atoms with Gasteiger partial charge in [-0.3, -0.25) is 4.79 Å². The van der Waals surface area contributed by atoms with E-state index in [0.29, 0.717) is 11.9 Å². The predicted octanol–water partition coefficient (Wildman–Crippen LogP) is 7.25. The molecule has 1 aromatic carbocycles. The molecule has 0 unspecified atom stereocenters. The van der Waals surface area contributed by atoms with E-state index < -0.39 is 0 Å². The molecule has 1 aromatic rings. The van der Waals surface area contributed by atoms with E-state index in [2.05, 4.69) is 62.1 Å². The summed E-state index contributed by atoms with van der Waals surface area (Å²) in [4.78, 5) is 15.3. The highest BCUT2D eigenvalue weighted by atomic mass is 16.2. The molecular weight excluding hydrogens is 342 g/mol. The Morgan fingerprint density at radius 3 is 2.46 bits per heavy atom. The van der Waals surface area contributed by atoms with Crippen LogP contribution in [0.15, 0.2) is 35.9 Å². The van der Waals surface area contributed by atoms with Gasteiger partial charge in [-0.2, -0.15) is 0 Å². The smallest absolute Gasteiger partial charge is 0.223 e. The van der Waals surface area contributed by atoms with Gasteiger partial charge in [0.15, 0.2) is 0 Å². The Labute approximate surface area is 173 Å². The molecule has 0 aromatic heterocycles. The molecule has 1 aliphatic rings. The molecule has 2 nitrogen and oxygen atoms in total. The van der Waals surface area contributed by atoms with Crippen LogP contribution in [-0.4, -0.2) is 23.4 Å². The zero-order valence-electron chi connectivity index (χ0n) is 18.5. The second kappa shape index (κ2) is 12.8. The summed E-state index contributed by atoms with van der Waals surface area (Å²) in [5.41, 5.74) is 2.64. The number of unbranched alkanes of at least 4 members (excludes halogenated alkanes) is 2. The van der Waals surface area contributed by atoms with Gasteiger partial charge in [-0.15, -0.1) is 0 Å². The highest BCUT2D eigenvalue weighted by molar-refractivity contribution is 5.77. The molecule has 156 valence electrons. The van der Waals surface area contributed by atoms with Crippen molar-refractivity contribution in [1.82, 2.24) is 4.90 Å². The van der Waals surface area contributed by atoms with Crippen molar-refractivity contribution in [3.63, 3.8) is 0 Å². The van der Waals surface area contributed by atoms with Crippen molar-refractivity contribution in [2.75, 3.05) is 6.54 Å². The largest absolute Gasteiger partial charge is 0.336 e. The van der Waals surface area contributed by atoms with Crippen molar-refractivity contribution in [3.05, 3.63) is 41.5 Å². The van der Waals surface area contributed by atoms with Crippen LogP contribution >= 0.6 is 0 Å². The fourth-order valence-corrected chi connectivity index (χ4v) is 4.28. The number of hydrogen-bond donors (Lipinski definition) is 0. The summed E-state index contributed by atoms with van der Waals surface area (Å²) in [6, 6.07) is 10.9. The lowest BCUT2D eigenvalue weighted by Crippen LogP contribution is -2.39. The summed E-state index contributed by atoms with van der Waals surface area (Å²) in [6.45, 7) is 7.44. The fourth-order valence-electron chi connectivity index (χ4n) is 4.28. The number of carbonyl (C=O) groups is 1. The molecule has 0 saturated heterocycles. The number of hydrogen-bond acceptors (Lipinski definition) is 1. The van der Waals surface area contributed by atoms with Crippen LogP contribution in [0.3, 0.4) is 0 Å². The Balaban J connectivity index is 2.07. The van der Waals surface area contributed by atoms with Gasteiger partial charge in [0.25, 0.3) is 0 Å². The van der Waals surface area contributed by atoms with Crippen molar-refractivity contribution >= 4 is 12.0 Å². The summed E-state index contributed by atoms with van der Waals surface area (Å²) < 4.78 is 0. The second-order valence-electron chi connectivity index (χ2n) is 8.64. The normalized spacial score (nSPS) is 16.3. The molecule has 1 saturated carbocycles. The van der Waals surface area contributed by atoms with Gasteiger partial charge < -0.3 is 4.90 Å². The SMILES string of the molecule is CCCCC/C(=C\c1ccccc1)CN(C(=O)CCC1CCCC1)[C@H](C)CC. The first-order valence-electron chi connectivity index (χ1n) is 11.7. The van der Waals surface area contributed by atoms with Crippen LogP contribution in [0.4, 0.5) is 0 Å². The van der Waals surface area contributed by atoms with Gasteiger partial charge in [-0.1, -0.05) is 94.4 Å². The predicted molar refractivity (Wildman–Crippen MR) is 121 cm³/mol. The molecule has 1 aliphatic carbocycles. The van der Waals surface area contributed by atoms with Gasteiger partial charge in [0.05, 0.1) is 0 Å². The maximum absolute atomic E-state index is 13.1. The molecule has 1 amide bonds. The lowest BCUT2D eigenvalue weighted by Gasteiger charge is -2.30. The van der Waals surface area contributed by atoms with E-state index >= 15 is 0 Å². The zero-order chi connectivity index (χ0) is 20.2. The molecule has 0 heterocycles. The quantitative estimate of drug-likeness (QED) is 0.348. The summed E-state index contributed by atoms with van der Waals surface area (Å²) >= 11 is 0. The van der Waals surface area contributed by atoms with Crippen LogP contribution in [0, 0.1) is 5.92 Å². The van der Waals surface area contributed by atoms with E-state index in [0.717, 1.165) is 38.1 Å². The Morgan fingerprint density at radius 1 is 1.11 bits per heavy atom. The summed E-state index contributed by atoms with van der Waals surface area (Å²) in [6.07, 6.45) is 15.3. The van der Waals surface area contributed by atoms with E-state index in [4.69, 9.17) is 0 Å². The highest BCUT2D eigenvalue weighted by Crippen LogP contribution is 2.29. The molecule has 2 rings (SSSR count). The molecule has 1 fully saturated rings. The first kappa shape index (κ1) is 22.7. The van der Waals surface area contributed by atoms with Gasteiger partial charge in [-0.05, 0) is 44.1 Å². The number of amides is 1. The maximum atomic E-state index is 13.1. The first-order valence-corrected chi connectivity index (χ1v) is 11.7. The zero-order valence-corrected chi connectivity index (χ0v) is 18.5. The molecule has 0 spiro atoms. The number of carbonyl (C=O) groups excluding carboxylic acids is 1. The highest BCUT2D eigenvalue weighted by Gasteiger charge is 2.22. The Hall–Kier alpha value is -1.57. The number of nitrogens with zero attached hydrogens (tertiary/aromatic N) is 1. The van der Waals surface area contributed by atoms with Crippen molar-refractivity contribution < 1.29 is 4.79 Å². The Bertz CT molecular complexity index is 586. The lowest BCUT2D eigenvalue weighted by molar-refractivity contribution is -0.133. The van der Waals surface area contributed by atoms with Crippen LogP contribution in [-0.2, 0) is 4.79 Å². The van der Waals surface area contributed by atoms with Gasteiger partial charge >= 0.3 is 0 Å². The van der Waals surface area contributed by atoms with E-state index in [1.807, 2.05) is 0 Å². The van der Waals surface area contributed by atoms with Crippen LogP contribution in [0.25, 0.3) is 6.08 Å². The first-order chi connectivity index (χ1) is 13.6. The number of rotatable bonds is 12. The van der Waals surface area contributed by atoms with Gasteiger partial charge in [0.1, 0.15) is 0 Å². The Morgan fingerprint density at radius 2 is 1.82 bits per heavy atom. The van der Waals surface area contributed by atoms with Crippen molar-refractivity contribution in [3.8, 4) is 0 Å². The average molecular weight is 384 g/mol. The maximum Gasteiger partial charge on any atom is 0.223 e. The van der Waals surface area contributed by atoms with Crippen LogP contribution < -0.4 is 0 Å². The third kappa shape index (κ3) is 7.81. The van der Waals surface area contributed by atoms with Crippen LogP contribution in [0.5, 0.6) is 0 Å². The number of benzene rings is 1. The summed E-state index contributed by atoms with van der Waals surface area (Å²) in [5.74, 6) is 1.14. The van der Waals surface area contributed by atoms with Crippen molar-refractivity contribution in [1.29, 1.82) is 0 Å². The molecule has 0 N–H and O–H groups in total. The average Bonchev–Trinajstić information content (AvgIpc) is 3.24. The monoisotopic (exact) mass is 383 g/mol. The lowest BCUT2D eigenvalue weighted by atomic mass is 9.99. The van der Waals surface area contributed by atoms with E-state index in [1.54, 1.807) is 0 Å². The van der Waals surface area contributed by atoms with E-state index in [1.165, 1.54) is 56.1 Å². The van der Waals surface area contributed by atoms with Crippen LogP contribution in [0.1, 0.15) is 97.0 Å². The van der Waals surface area contributed by atoms with Gasteiger partial charge in [0, 0.05) is 19.0 Å². The molecule has 0 bridgehead atoms. The third-order valence-corrected chi connectivity index (χ3v) is 6.33. The fraction of sp³-hybridized carbons (Fsp3) is 0.654. The minimum atomic E-state index is 0.307. The molecule has 2 heteroatoms. The third-order valence-electron chi connectivity index (χ3n) is 6.33. The molecular formula is C26H41NO. The summed E-state index contributed by atoms with van der Waals surface area (Å²) in [5, 5.41) is 0. The van der Waals surface area contributed by atoms with E-state index in [-0.39, 0.29) is 0 Å².